The molecule has 114 valence electrons. The van der Waals surface area contributed by atoms with Gasteiger partial charge in [0.2, 0.25) is 5.95 Å². The number of urea groups is 1. The zero-order valence-electron chi connectivity index (χ0n) is 11.2. The Morgan fingerprint density at radius 3 is 2.64 bits per heavy atom. The van der Waals surface area contributed by atoms with Crippen molar-refractivity contribution in [1.82, 2.24) is 9.97 Å². The Bertz CT molecular complexity index is 734. The lowest BCUT2D eigenvalue weighted by Crippen LogP contribution is -2.21. The molecule has 1 aromatic carbocycles. The lowest BCUT2D eigenvalue weighted by molar-refractivity contribution is 0.262. The van der Waals surface area contributed by atoms with E-state index in [-0.39, 0.29) is 11.0 Å². The van der Waals surface area contributed by atoms with Gasteiger partial charge >= 0.3 is 6.03 Å². The number of aromatic nitrogens is 2. The van der Waals surface area contributed by atoms with Crippen LogP contribution < -0.4 is 10.6 Å². The van der Waals surface area contributed by atoms with E-state index >= 15 is 0 Å². The molecule has 2 aromatic rings. The molecule has 0 unspecified atom stereocenters. The van der Waals surface area contributed by atoms with Crippen molar-refractivity contribution in [2.45, 2.75) is 18.8 Å². The summed E-state index contributed by atoms with van der Waals surface area (Å²) in [4.78, 5) is 20.3. The summed E-state index contributed by atoms with van der Waals surface area (Å²) in [5.41, 5.74) is 1.24. The van der Waals surface area contributed by atoms with Gasteiger partial charge in [0.1, 0.15) is 5.15 Å². The lowest BCUT2D eigenvalue weighted by atomic mass is 10.3. The SMILES string of the molecule is O=C(Nc1nc(Cl)cc(C2CC2)n1)Nc1cccc(Cl)c1Cl. The van der Waals surface area contributed by atoms with Crippen LogP contribution in [0.15, 0.2) is 24.3 Å². The molecule has 5 nitrogen and oxygen atoms in total. The first kappa shape index (κ1) is 15.3. The van der Waals surface area contributed by atoms with Crippen molar-refractivity contribution in [3.8, 4) is 0 Å². The van der Waals surface area contributed by atoms with Crippen molar-refractivity contribution in [1.29, 1.82) is 0 Å². The number of carbonyl (C=O) groups is 1. The maximum atomic E-state index is 12.0. The van der Waals surface area contributed by atoms with Gasteiger partial charge in [-0.25, -0.2) is 14.8 Å². The molecule has 2 amide bonds. The number of benzene rings is 1. The van der Waals surface area contributed by atoms with Crippen LogP contribution in [0.2, 0.25) is 15.2 Å². The maximum Gasteiger partial charge on any atom is 0.326 e. The van der Waals surface area contributed by atoms with Crippen molar-refractivity contribution in [3.63, 3.8) is 0 Å². The molecule has 3 rings (SSSR count). The second-order valence-corrected chi connectivity index (χ2v) is 6.07. The van der Waals surface area contributed by atoms with Crippen molar-refractivity contribution >= 4 is 52.5 Å². The van der Waals surface area contributed by atoms with Crippen LogP contribution in [0.3, 0.4) is 0 Å². The number of hydrogen-bond donors (Lipinski definition) is 2. The molecule has 0 aliphatic heterocycles. The quantitative estimate of drug-likeness (QED) is 0.763. The average Bonchev–Trinajstić information content (AvgIpc) is 3.27. The predicted octanol–water partition coefficient (Wildman–Crippen LogP) is 4.96. The normalized spacial score (nSPS) is 13.8. The molecule has 0 radical (unpaired) electrons. The van der Waals surface area contributed by atoms with E-state index in [4.69, 9.17) is 34.8 Å². The highest BCUT2D eigenvalue weighted by molar-refractivity contribution is 6.44. The minimum atomic E-state index is -0.520. The van der Waals surface area contributed by atoms with Gasteiger partial charge in [0.15, 0.2) is 0 Å². The van der Waals surface area contributed by atoms with Gasteiger partial charge in [0.25, 0.3) is 0 Å². The fraction of sp³-hybridized carbons (Fsp3) is 0.214. The third-order valence-corrected chi connectivity index (χ3v) is 4.15. The van der Waals surface area contributed by atoms with E-state index < -0.39 is 6.03 Å². The minimum absolute atomic E-state index is 0.157. The van der Waals surface area contributed by atoms with Crippen molar-refractivity contribution in [2.24, 2.45) is 0 Å². The standard InChI is InChI=1S/C14H11Cl3N4O/c15-8-2-1-3-9(12(8)17)19-14(22)21-13-18-10(7-4-5-7)6-11(16)20-13/h1-3,6-7H,4-5H2,(H2,18,19,20,21,22). The molecule has 1 aliphatic rings. The van der Waals surface area contributed by atoms with Crippen LogP contribution in [0.4, 0.5) is 16.4 Å². The highest BCUT2D eigenvalue weighted by Crippen LogP contribution is 2.39. The minimum Gasteiger partial charge on any atom is -0.306 e. The Balaban J connectivity index is 1.73. The molecular formula is C14H11Cl3N4O. The Kier molecular flexibility index (Phi) is 4.38. The molecule has 1 aliphatic carbocycles. The Labute approximate surface area is 142 Å². The molecule has 1 heterocycles. The molecule has 0 atom stereocenters. The van der Waals surface area contributed by atoms with Gasteiger partial charge < -0.3 is 5.32 Å². The Hall–Kier alpha value is -1.56. The molecule has 22 heavy (non-hydrogen) atoms. The van der Waals surface area contributed by atoms with E-state index in [0.29, 0.717) is 21.8 Å². The summed E-state index contributed by atoms with van der Waals surface area (Å²) in [6, 6.07) is 6.16. The monoisotopic (exact) mass is 356 g/mol. The third-order valence-electron chi connectivity index (χ3n) is 3.14. The first-order valence-electron chi connectivity index (χ1n) is 6.59. The molecule has 8 heteroatoms. The number of halogens is 3. The molecule has 0 spiro atoms. The van der Waals surface area contributed by atoms with Crippen LogP contribution in [-0.2, 0) is 0 Å². The summed E-state index contributed by atoms with van der Waals surface area (Å²) in [7, 11) is 0. The van der Waals surface area contributed by atoms with Gasteiger partial charge in [-0.15, -0.1) is 0 Å². The summed E-state index contributed by atoms with van der Waals surface area (Å²) in [6.45, 7) is 0. The van der Waals surface area contributed by atoms with Crippen LogP contribution in [-0.4, -0.2) is 16.0 Å². The second kappa shape index (κ2) is 6.28. The molecule has 1 aromatic heterocycles. The summed E-state index contributed by atoms with van der Waals surface area (Å²) >= 11 is 17.9. The van der Waals surface area contributed by atoms with Gasteiger partial charge in [-0.05, 0) is 31.0 Å². The molecule has 0 bridgehead atoms. The zero-order valence-corrected chi connectivity index (χ0v) is 13.5. The molecular weight excluding hydrogens is 347 g/mol. The first-order chi connectivity index (χ1) is 10.5. The largest absolute Gasteiger partial charge is 0.326 e. The highest BCUT2D eigenvalue weighted by atomic mass is 35.5. The van der Waals surface area contributed by atoms with Gasteiger partial charge in [-0.1, -0.05) is 40.9 Å². The topological polar surface area (TPSA) is 66.9 Å². The van der Waals surface area contributed by atoms with Crippen LogP contribution in [0, 0.1) is 0 Å². The van der Waals surface area contributed by atoms with Crippen molar-refractivity contribution in [3.05, 3.63) is 45.2 Å². The van der Waals surface area contributed by atoms with Crippen molar-refractivity contribution in [2.75, 3.05) is 10.6 Å². The van der Waals surface area contributed by atoms with E-state index in [9.17, 15) is 4.79 Å². The number of carbonyl (C=O) groups excluding carboxylic acids is 1. The number of nitrogens with zero attached hydrogens (tertiary/aromatic N) is 2. The smallest absolute Gasteiger partial charge is 0.306 e. The zero-order chi connectivity index (χ0) is 15.7. The number of anilines is 2. The highest BCUT2D eigenvalue weighted by Gasteiger charge is 2.26. The van der Waals surface area contributed by atoms with Gasteiger partial charge in [0.05, 0.1) is 21.4 Å². The Morgan fingerprint density at radius 2 is 1.91 bits per heavy atom. The van der Waals surface area contributed by atoms with Crippen LogP contribution in [0.5, 0.6) is 0 Å². The van der Waals surface area contributed by atoms with Crippen LogP contribution in [0.1, 0.15) is 24.5 Å². The molecule has 1 saturated carbocycles. The van der Waals surface area contributed by atoms with E-state index in [1.54, 1.807) is 24.3 Å². The Morgan fingerprint density at radius 1 is 1.14 bits per heavy atom. The van der Waals surface area contributed by atoms with E-state index in [0.717, 1.165) is 18.5 Å². The first-order valence-corrected chi connectivity index (χ1v) is 7.73. The molecule has 0 saturated heterocycles. The predicted molar refractivity (Wildman–Crippen MR) is 88.1 cm³/mol. The summed E-state index contributed by atoms with van der Waals surface area (Å²) < 4.78 is 0. The maximum absolute atomic E-state index is 12.0. The van der Waals surface area contributed by atoms with E-state index in [1.807, 2.05) is 0 Å². The lowest BCUT2D eigenvalue weighted by Gasteiger charge is -2.09. The fourth-order valence-electron chi connectivity index (χ4n) is 1.93. The van der Waals surface area contributed by atoms with Crippen LogP contribution in [0.25, 0.3) is 0 Å². The van der Waals surface area contributed by atoms with Gasteiger partial charge in [0, 0.05) is 5.92 Å². The number of nitrogens with one attached hydrogen (secondary N) is 2. The number of rotatable bonds is 3. The number of amides is 2. The van der Waals surface area contributed by atoms with Crippen LogP contribution >= 0.6 is 34.8 Å². The fourth-order valence-corrected chi connectivity index (χ4v) is 2.47. The second-order valence-electron chi connectivity index (χ2n) is 4.89. The molecule has 1 fully saturated rings. The van der Waals surface area contributed by atoms with Gasteiger partial charge in [-0.3, -0.25) is 5.32 Å². The van der Waals surface area contributed by atoms with Crippen molar-refractivity contribution < 1.29 is 4.79 Å². The van der Waals surface area contributed by atoms with Gasteiger partial charge in [-0.2, -0.15) is 0 Å². The number of hydrogen-bond acceptors (Lipinski definition) is 3. The summed E-state index contributed by atoms with van der Waals surface area (Å²) in [6.07, 6.45) is 2.16. The summed E-state index contributed by atoms with van der Waals surface area (Å²) in [5, 5.41) is 6.06. The average molecular weight is 358 g/mol. The summed E-state index contributed by atoms with van der Waals surface area (Å²) in [5.74, 6) is 0.566. The molecule has 2 N–H and O–H groups in total. The third kappa shape index (κ3) is 3.61. The van der Waals surface area contributed by atoms with E-state index in [2.05, 4.69) is 20.6 Å². The van der Waals surface area contributed by atoms with E-state index in [1.165, 1.54) is 0 Å².